The standard InChI is InChI=1S/C19H22FN3OS/c1-14-6-7-16(20)17(13-14)22-18(24)15-5-4-8-21-19(15)25-12-11-23-9-2-3-10-23/h4-8,13H,2-3,9-12H2,1H3,(H,22,24). The van der Waals surface area contributed by atoms with Crippen molar-refractivity contribution < 1.29 is 9.18 Å². The third-order valence-corrected chi connectivity index (χ3v) is 5.22. The van der Waals surface area contributed by atoms with Gasteiger partial charge in [-0.15, -0.1) is 11.8 Å². The second-order valence-electron chi connectivity index (χ2n) is 6.19. The fourth-order valence-corrected chi connectivity index (χ4v) is 3.88. The minimum absolute atomic E-state index is 0.196. The van der Waals surface area contributed by atoms with Crippen LogP contribution < -0.4 is 5.32 Å². The van der Waals surface area contributed by atoms with Gasteiger partial charge >= 0.3 is 0 Å². The molecule has 0 atom stereocenters. The fraction of sp³-hybridized carbons (Fsp3) is 0.368. The number of likely N-dealkylation sites (tertiary alicyclic amines) is 1. The number of rotatable bonds is 6. The number of hydrogen-bond acceptors (Lipinski definition) is 4. The second-order valence-corrected chi connectivity index (χ2v) is 7.27. The summed E-state index contributed by atoms with van der Waals surface area (Å²) in [5.41, 5.74) is 1.57. The van der Waals surface area contributed by atoms with Gasteiger partial charge in [0.1, 0.15) is 10.8 Å². The van der Waals surface area contributed by atoms with Gasteiger partial charge in [-0.1, -0.05) is 6.07 Å². The molecule has 1 fully saturated rings. The minimum Gasteiger partial charge on any atom is -0.319 e. The predicted molar refractivity (Wildman–Crippen MR) is 99.7 cm³/mol. The van der Waals surface area contributed by atoms with Crippen molar-refractivity contribution in [2.24, 2.45) is 0 Å². The normalized spacial score (nSPS) is 14.6. The largest absolute Gasteiger partial charge is 0.319 e. The van der Waals surface area contributed by atoms with E-state index < -0.39 is 5.82 Å². The number of carbonyl (C=O) groups is 1. The van der Waals surface area contributed by atoms with Crippen LogP contribution in [0.4, 0.5) is 10.1 Å². The minimum atomic E-state index is -0.439. The molecule has 1 aliphatic heterocycles. The average Bonchev–Trinajstić information content (AvgIpc) is 3.12. The van der Waals surface area contributed by atoms with Crippen molar-refractivity contribution >= 4 is 23.4 Å². The van der Waals surface area contributed by atoms with E-state index in [1.165, 1.54) is 18.9 Å². The quantitative estimate of drug-likeness (QED) is 0.793. The van der Waals surface area contributed by atoms with E-state index in [2.05, 4.69) is 15.2 Å². The maximum absolute atomic E-state index is 13.9. The first-order valence-corrected chi connectivity index (χ1v) is 9.50. The molecule has 2 heterocycles. The van der Waals surface area contributed by atoms with Gasteiger partial charge in [0.25, 0.3) is 5.91 Å². The smallest absolute Gasteiger partial charge is 0.258 e. The van der Waals surface area contributed by atoms with Crippen LogP contribution in [-0.2, 0) is 0 Å². The second kappa shape index (κ2) is 8.45. The molecule has 0 bridgehead atoms. The SMILES string of the molecule is Cc1ccc(F)c(NC(=O)c2cccnc2SCCN2CCCC2)c1. The molecule has 1 aromatic heterocycles. The number of aromatic nitrogens is 1. The van der Waals surface area contributed by atoms with Crippen LogP contribution in [0.1, 0.15) is 28.8 Å². The molecular weight excluding hydrogens is 337 g/mol. The molecule has 0 saturated carbocycles. The summed E-state index contributed by atoms with van der Waals surface area (Å²) >= 11 is 1.57. The molecule has 6 heteroatoms. The third-order valence-electron chi connectivity index (χ3n) is 4.23. The van der Waals surface area contributed by atoms with E-state index in [0.29, 0.717) is 10.6 Å². The van der Waals surface area contributed by atoms with E-state index in [0.717, 1.165) is 31.0 Å². The topological polar surface area (TPSA) is 45.2 Å². The Kier molecular flexibility index (Phi) is 6.04. The van der Waals surface area contributed by atoms with E-state index in [-0.39, 0.29) is 11.6 Å². The number of pyridine rings is 1. The van der Waals surface area contributed by atoms with Crippen molar-refractivity contribution in [2.45, 2.75) is 24.8 Å². The summed E-state index contributed by atoms with van der Waals surface area (Å²) < 4.78 is 13.9. The summed E-state index contributed by atoms with van der Waals surface area (Å²) in [7, 11) is 0. The van der Waals surface area contributed by atoms with Gasteiger partial charge in [-0.2, -0.15) is 0 Å². The van der Waals surface area contributed by atoms with Crippen LogP contribution in [0.3, 0.4) is 0 Å². The molecule has 25 heavy (non-hydrogen) atoms. The Bertz CT molecular complexity index is 747. The summed E-state index contributed by atoms with van der Waals surface area (Å²) in [6, 6.07) is 8.12. The Hall–Kier alpha value is -1.92. The van der Waals surface area contributed by atoms with E-state index in [4.69, 9.17) is 0 Å². The molecule has 3 rings (SSSR count). The lowest BCUT2D eigenvalue weighted by atomic mass is 10.2. The van der Waals surface area contributed by atoms with Crippen LogP contribution in [0.25, 0.3) is 0 Å². The number of anilines is 1. The number of amides is 1. The van der Waals surface area contributed by atoms with Crippen LogP contribution >= 0.6 is 11.8 Å². The maximum atomic E-state index is 13.9. The van der Waals surface area contributed by atoms with Gasteiger partial charge in [0, 0.05) is 18.5 Å². The lowest BCUT2D eigenvalue weighted by molar-refractivity contribution is 0.102. The van der Waals surface area contributed by atoms with Gasteiger partial charge in [0.15, 0.2) is 0 Å². The molecule has 0 spiro atoms. The first-order valence-electron chi connectivity index (χ1n) is 8.51. The van der Waals surface area contributed by atoms with Crippen LogP contribution in [-0.4, -0.2) is 41.2 Å². The van der Waals surface area contributed by atoms with E-state index in [1.807, 2.05) is 6.92 Å². The molecule has 1 aliphatic rings. The number of hydrogen-bond donors (Lipinski definition) is 1. The Morgan fingerprint density at radius 1 is 1.32 bits per heavy atom. The number of carbonyl (C=O) groups excluding carboxylic acids is 1. The highest BCUT2D eigenvalue weighted by molar-refractivity contribution is 7.99. The maximum Gasteiger partial charge on any atom is 0.258 e. The lowest BCUT2D eigenvalue weighted by Crippen LogP contribution is -2.22. The zero-order chi connectivity index (χ0) is 17.6. The summed E-state index contributed by atoms with van der Waals surface area (Å²) in [6.45, 7) is 5.17. The van der Waals surface area contributed by atoms with Gasteiger partial charge in [-0.25, -0.2) is 9.37 Å². The Morgan fingerprint density at radius 3 is 2.92 bits per heavy atom. The predicted octanol–water partition coefficient (Wildman–Crippen LogP) is 3.97. The van der Waals surface area contributed by atoms with Crippen molar-refractivity contribution in [3.8, 4) is 0 Å². The molecule has 0 radical (unpaired) electrons. The molecule has 4 nitrogen and oxygen atoms in total. The van der Waals surface area contributed by atoms with Crippen molar-refractivity contribution in [3.63, 3.8) is 0 Å². The highest BCUT2D eigenvalue weighted by Crippen LogP contribution is 2.23. The van der Waals surface area contributed by atoms with Gasteiger partial charge in [0.05, 0.1) is 11.3 Å². The lowest BCUT2D eigenvalue weighted by Gasteiger charge is -2.14. The highest BCUT2D eigenvalue weighted by Gasteiger charge is 2.16. The van der Waals surface area contributed by atoms with Crippen molar-refractivity contribution in [3.05, 3.63) is 53.5 Å². The van der Waals surface area contributed by atoms with Gasteiger partial charge in [-0.3, -0.25) is 4.79 Å². The van der Waals surface area contributed by atoms with Crippen molar-refractivity contribution in [2.75, 3.05) is 30.7 Å². The number of nitrogens with zero attached hydrogens (tertiary/aromatic N) is 2. The molecule has 132 valence electrons. The first-order chi connectivity index (χ1) is 12.1. The van der Waals surface area contributed by atoms with E-state index in [9.17, 15) is 9.18 Å². The van der Waals surface area contributed by atoms with Crippen molar-refractivity contribution in [1.29, 1.82) is 0 Å². The number of halogens is 1. The van der Waals surface area contributed by atoms with Crippen LogP contribution in [0.15, 0.2) is 41.6 Å². The average molecular weight is 359 g/mol. The zero-order valence-electron chi connectivity index (χ0n) is 14.3. The zero-order valence-corrected chi connectivity index (χ0v) is 15.1. The Labute approximate surface area is 151 Å². The molecule has 1 saturated heterocycles. The number of nitrogens with one attached hydrogen (secondary N) is 1. The van der Waals surface area contributed by atoms with Crippen LogP contribution in [0.2, 0.25) is 0 Å². The highest BCUT2D eigenvalue weighted by atomic mass is 32.2. The van der Waals surface area contributed by atoms with Gasteiger partial charge < -0.3 is 10.2 Å². The van der Waals surface area contributed by atoms with Crippen LogP contribution in [0.5, 0.6) is 0 Å². The monoisotopic (exact) mass is 359 g/mol. The summed E-state index contributed by atoms with van der Waals surface area (Å²) in [4.78, 5) is 19.3. The molecular formula is C19H22FN3OS. The van der Waals surface area contributed by atoms with E-state index in [1.54, 1.807) is 42.2 Å². The third kappa shape index (κ3) is 4.80. The summed E-state index contributed by atoms with van der Waals surface area (Å²) in [5.74, 6) is 0.114. The number of benzene rings is 1. The molecule has 1 aromatic carbocycles. The summed E-state index contributed by atoms with van der Waals surface area (Å²) in [5, 5.41) is 3.35. The fourth-order valence-electron chi connectivity index (χ4n) is 2.88. The molecule has 1 amide bonds. The summed E-state index contributed by atoms with van der Waals surface area (Å²) in [6.07, 6.45) is 4.22. The first kappa shape index (κ1) is 17.9. The Balaban J connectivity index is 1.66. The molecule has 0 aliphatic carbocycles. The number of aryl methyl sites for hydroxylation is 1. The van der Waals surface area contributed by atoms with Crippen molar-refractivity contribution in [1.82, 2.24) is 9.88 Å². The van der Waals surface area contributed by atoms with Crippen LogP contribution in [0, 0.1) is 12.7 Å². The number of thioether (sulfide) groups is 1. The van der Waals surface area contributed by atoms with Gasteiger partial charge in [-0.05, 0) is 62.7 Å². The Morgan fingerprint density at radius 2 is 2.12 bits per heavy atom. The molecule has 2 aromatic rings. The molecule has 1 N–H and O–H groups in total. The van der Waals surface area contributed by atoms with Gasteiger partial charge in [0.2, 0.25) is 0 Å². The van der Waals surface area contributed by atoms with E-state index >= 15 is 0 Å². The molecule has 0 unspecified atom stereocenters.